The first-order valence-corrected chi connectivity index (χ1v) is 9.67. The van der Waals surface area contributed by atoms with E-state index >= 15 is 0 Å². The van der Waals surface area contributed by atoms with Crippen molar-refractivity contribution in [1.29, 1.82) is 0 Å². The molecule has 3 heterocycles. The van der Waals surface area contributed by atoms with Gasteiger partial charge in [-0.05, 0) is 56.2 Å². The molecule has 1 atom stereocenters. The van der Waals surface area contributed by atoms with Gasteiger partial charge in [-0.15, -0.1) is 11.3 Å². The van der Waals surface area contributed by atoms with Crippen LogP contribution in [0.4, 0.5) is 0 Å². The predicted molar refractivity (Wildman–Crippen MR) is 93.5 cm³/mol. The molecule has 0 radical (unpaired) electrons. The average molecular weight is 345 g/mol. The minimum Gasteiger partial charge on any atom is -0.373 e. The van der Waals surface area contributed by atoms with E-state index in [0.29, 0.717) is 6.54 Å². The highest BCUT2D eigenvalue weighted by atomic mass is 32.1. The lowest BCUT2D eigenvalue weighted by Gasteiger charge is -2.11. The van der Waals surface area contributed by atoms with Gasteiger partial charge in [0.15, 0.2) is 0 Å². The smallest absolute Gasteiger partial charge is 0.261 e. The second-order valence-corrected chi connectivity index (χ2v) is 7.66. The third-order valence-corrected chi connectivity index (χ3v) is 6.06. The zero-order chi connectivity index (χ0) is 16.4. The van der Waals surface area contributed by atoms with Gasteiger partial charge in [-0.25, -0.2) is 0 Å². The number of fused-ring (bicyclic) bond motifs is 1. The molecule has 24 heavy (non-hydrogen) atoms. The molecule has 2 aromatic heterocycles. The zero-order valence-corrected chi connectivity index (χ0v) is 14.6. The SMILES string of the molecule is O=C(NCCc1n[nH]c2c1CCCC2)c1ccc(C2CCCO2)s1. The van der Waals surface area contributed by atoms with E-state index in [1.54, 1.807) is 11.3 Å². The van der Waals surface area contributed by atoms with Gasteiger partial charge in [0.25, 0.3) is 5.91 Å². The van der Waals surface area contributed by atoms with Gasteiger partial charge in [0.2, 0.25) is 0 Å². The van der Waals surface area contributed by atoms with Gasteiger partial charge >= 0.3 is 0 Å². The summed E-state index contributed by atoms with van der Waals surface area (Å²) in [5.74, 6) is 0.00801. The van der Waals surface area contributed by atoms with Crippen molar-refractivity contribution in [2.45, 2.75) is 51.0 Å². The summed E-state index contributed by atoms with van der Waals surface area (Å²) >= 11 is 1.55. The Kier molecular flexibility index (Phi) is 4.67. The molecule has 0 saturated carbocycles. The van der Waals surface area contributed by atoms with Crippen molar-refractivity contribution < 1.29 is 9.53 Å². The summed E-state index contributed by atoms with van der Waals surface area (Å²) in [5.41, 5.74) is 3.80. The molecule has 128 valence electrons. The number of amides is 1. The second kappa shape index (κ2) is 7.07. The van der Waals surface area contributed by atoms with Crippen LogP contribution in [-0.2, 0) is 24.0 Å². The van der Waals surface area contributed by atoms with Crippen molar-refractivity contribution in [3.8, 4) is 0 Å². The standard InChI is InChI=1S/C18H23N3O2S/c22-18(17-8-7-16(24-17)15-6-3-11-23-15)19-10-9-14-12-4-1-2-5-13(12)20-21-14/h7-8,15H,1-6,9-11H2,(H,19,22)(H,20,21). The number of carbonyl (C=O) groups excluding carboxylic acids is 1. The maximum atomic E-state index is 12.3. The Morgan fingerprint density at radius 2 is 2.25 bits per heavy atom. The number of hydrogen-bond donors (Lipinski definition) is 2. The lowest BCUT2D eigenvalue weighted by atomic mass is 9.95. The van der Waals surface area contributed by atoms with E-state index in [1.807, 2.05) is 12.1 Å². The highest BCUT2D eigenvalue weighted by Crippen LogP contribution is 2.33. The monoisotopic (exact) mass is 345 g/mol. The number of nitrogens with one attached hydrogen (secondary N) is 2. The predicted octanol–water partition coefficient (Wildman–Crippen LogP) is 3.17. The number of ether oxygens (including phenoxy) is 1. The van der Waals surface area contributed by atoms with Gasteiger partial charge in [0, 0.05) is 30.1 Å². The molecular weight excluding hydrogens is 322 g/mol. The van der Waals surface area contributed by atoms with Crippen LogP contribution >= 0.6 is 11.3 Å². The number of aromatic amines is 1. The zero-order valence-electron chi connectivity index (χ0n) is 13.8. The number of carbonyl (C=O) groups is 1. The number of thiophene rings is 1. The maximum Gasteiger partial charge on any atom is 0.261 e. The summed E-state index contributed by atoms with van der Waals surface area (Å²) in [7, 11) is 0. The molecule has 5 nitrogen and oxygen atoms in total. The van der Waals surface area contributed by atoms with E-state index in [0.717, 1.165) is 49.3 Å². The first-order chi connectivity index (χ1) is 11.8. The molecule has 1 aliphatic carbocycles. The first-order valence-electron chi connectivity index (χ1n) is 8.86. The summed E-state index contributed by atoms with van der Waals surface area (Å²) in [5, 5.41) is 10.6. The van der Waals surface area contributed by atoms with Gasteiger partial charge in [0.1, 0.15) is 0 Å². The Bertz CT molecular complexity index is 716. The summed E-state index contributed by atoms with van der Waals surface area (Å²) in [6.45, 7) is 1.46. The van der Waals surface area contributed by atoms with Crippen molar-refractivity contribution in [2.75, 3.05) is 13.2 Å². The molecule has 1 unspecified atom stereocenters. The third kappa shape index (κ3) is 3.26. The van der Waals surface area contributed by atoms with E-state index in [4.69, 9.17) is 4.74 Å². The second-order valence-electron chi connectivity index (χ2n) is 6.54. The largest absolute Gasteiger partial charge is 0.373 e. The Labute approximate surface area is 145 Å². The van der Waals surface area contributed by atoms with Crippen LogP contribution in [-0.4, -0.2) is 29.3 Å². The molecule has 2 aromatic rings. The lowest BCUT2D eigenvalue weighted by molar-refractivity contribution is 0.0958. The maximum absolute atomic E-state index is 12.3. The summed E-state index contributed by atoms with van der Waals surface area (Å²) in [4.78, 5) is 14.3. The van der Waals surface area contributed by atoms with Crippen molar-refractivity contribution in [1.82, 2.24) is 15.5 Å². The fourth-order valence-electron chi connectivity index (χ4n) is 3.59. The van der Waals surface area contributed by atoms with E-state index < -0.39 is 0 Å². The summed E-state index contributed by atoms with van der Waals surface area (Å²) < 4.78 is 5.68. The van der Waals surface area contributed by atoms with Crippen LogP contribution in [0.3, 0.4) is 0 Å². The van der Waals surface area contributed by atoms with E-state index in [1.165, 1.54) is 29.0 Å². The van der Waals surface area contributed by atoms with Crippen molar-refractivity contribution in [3.05, 3.63) is 38.8 Å². The van der Waals surface area contributed by atoms with Crippen molar-refractivity contribution in [3.63, 3.8) is 0 Å². The topological polar surface area (TPSA) is 67.0 Å². The molecule has 2 aliphatic rings. The van der Waals surface area contributed by atoms with Gasteiger partial charge in [0.05, 0.1) is 16.7 Å². The molecule has 0 spiro atoms. The molecule has 0 aromatic carbocycles. The van der Waals surface area contributed by atoms with E-state index in [9.17, 15) is 4.79 Å². The Hall–Kier alpha value is -1.66. The Morgan fingerprint density at radius 1 is 1.33 bits per heavy atom. The third-order valence-electron chi connectivity index (χ3n) is 4.89. The van der Waals surface area contributed by atoms with Crippen LogP contribution in [0.1, 0.15) is 63.3 Å². The molecular formula is C18H23N3O2S. The molecule has 1 amide bonds. The normalized spacial score (nSPS) is 20.1. The number of rotatable bonds is 5. The van der Waals surface area contributed by atoms with Gasteiger partial charge in [-0.3, -0.25) is 9.89 Å². The highest BCUT2D eigenvalue weighted by Gasteiger charge is 2.21. The molecule has 1 saturated heterocycles. The van der Waals surface area contributed by atoms with Crippen LogP contribution in [0, 0.1) is 0 Å². The average Bonchev–Trinajstić information content (AvgIpc) is 3.35. The molecule has 2 N–H and O–H groups in total. The molecule has 0 bridgehead atoms. The minimum absolute atomic E-state index is 0.00801. The van der Waals surface area contributed by atoms with Crippen LogP contribution in [0.15, 0.2) is 12.1 Å². The van der Waals surface area contributed by atoms with E-state index in [2.05, 4.69) is 15.5 Å². The van der Waals surface area contributed by atoms with Crippen molar-refractivity contribution in [2.24, 2.45) is 0 Å². The number of aromatic nitrogens is 2. The minimum atomic E-state index is 0.00801. The molecule has 6 heteroatoms. The summed E-state index contributed by atoms with van der Waals surface area (Å²) in [6, 6.07) is 3.94. The quantitative estimate of drug-likeness (QED) is 0.875. The van der Waals surface area contributed by atoms with Crippen molar-refractivity contribution >= 4 is 17.2 Å². The number of hydrogen-bond acceptors (Lipinski definition) is 4. The van der Waals surface area contributed by atoms with Gasteiger partial charge in [-0.1, -0.05) is 0 Å². The summed E-state index contributed by atoms with van der Waals surface area (Å²) in [6.07, 6.45) is 7.86. The van der Waals surface area contributed by atoms with Gasteiger partial charge < -0.3 is 10.1 Å². The number of aryl methyl sites for hydroxylation is 1. The molecule has 4 rings (SSSR count). The molecule has 1 aliphatic heterocycles. The number of H-pyrrole nitrogens is 1. The highest BCUT2D eigenvalue weighted by molar-refractivity contribution is 7.14. The fourth-order valence-corrected chi connectivity index (χ4v) is 4.60. The number of nitrogens with zero attached hydrogens (tertiary/aromatic N) is 1. The van der Waals surface area contributed by atoms with E-state index in [-0.39, 0.29) is 12.0 Å². The van der Waals surface area contributed by atoms with Crippen LogP contribution in [0.2, 0.25) is 0 Å². The fraction of sp³-hybridized carbons (Fsp3) is 0.556. The first kappa shape index (κ1) is 15.8. The van der Waals surface area contributed by atoms with Crippen LogP contribution in [0.5, 0.6) is 0 Å². The Morgan fingerprint density at radius 3 is 3.12 bits per heavy atom. The van der Waals surface area contributed by atoms with Crippen LogP contribution in [0.25, 0.3) is 0 Å². The van der Waals surface area contributed by atoms with Crippen LogP contribution < -0.4 is 5.32 Å². The van der Waals surface area contributed by atoms with Gasteiger partial charge in [-0.2, -0.15) is 5.10 Å². The Balaban J connectivity index is 1.31. The lowest BCUT2D eigenvalue weighted by Crippen LogP contribution is -2.25. The molecule has 1 fully saturated rings.